The zero-order chi connectivity index (χ0) is 23.6. The molecule has 1 aliphatic rings. The Hall–Kier alpha value is -3.24. The van der Waals surface area contributed by atoms with Gasteiger partial charge in [-0.1, -0.05) is 13.0 Å². The second-order valence-electron chi connectivity index (χ2n) is 7.96. The number of carboxylic acid groups (broad SMARTS) is 1. The highest BCUT2D eigenvalue weighted by atomic mass is 32.2. The van der Waals surface area contributed by atoms with E-state index in [1.165, 1.54) is 30.3 Å². The SMILES string of the molecule is CCCN1CCN(c2cc(C(=O)O)c3cc(NS(=O)(=O)c4cccc(F)c4)ccc3n2)CC1. The number of anilines is 2. The van der Waals surface area contributed by atoms with Crippen LogP contribution in [0.25, 0.3) is 10.9 Å². The van der Waals surface area contributed by atoms with Gasteiger partial charge in [0.2, 0.25) is 0 Å². The van der Waals surface area contributed by atoms with E-state index in [0.29, 0.717) is 16.7 Å². The number of nitrogens with zero attached hydrogens (tertiary/aromatic N) is 3. The van der Waals surface area contributed by atoms with E-state index in [9.17, 15) is 22.7 Å². The summed E-state index contributed by atoms with van der Waals surface area (Å²) in [5.41, 5.74) is 0.657. The molecule has 1 fully saturated rings. The van der Waals surface area contributed by atoms with Gasteiger partial charge in [-0.05, 0) is 55.4 Å². The number of piperazine rings is 1. The number of halogens is 1. The Morgan fingerprint density at radius 2 is 1.88 bits per heavy atom. The van der Waals surface area contributed by atoms with Crippen molar-refractivity contribution in [2.75, 3.05) is 42.3 Å². The molecule has 0 aliphatic carbocycles. The van der Waals surface area contributed by atoms with Crippen LogP contribution in [-0.2, 0) is 10.0 Å². The van der Waals surface area contributed by atoms with E-state index in [1.54, 1.807) is 6.07 Å². The number of carbonyl (C=O) groups is 1. The van der Waals surface area contributed by atoms with Crippen molar-refractivity contribution >= 4 is 38.4 Å². The van der Waals surface area contributed by atoms with Crippen LogP contribution >= 0.6 is 0 Å². The van der Waals surface area contributed by atoms with Gasteiger partial charge in [-0.15, -0.1) is 0 Å². The van der Waals surface area contributed by atoms with Crippen molar-refractivity contribution in [1.82, 2.24) is 9.88 Å². The lowest BCUT2D eigenvalue weighted by atomic mass is 10.1. The van der Waals surface area contributed by atoms with Crippen molar-refractivity contribution in [1.29, 1.82) is 0 Å². The Balaban J connectivity index is 1.65. The van der Waals surface area contributed by atoms with Gasteiger partial charge in [0, 0.05) is 37.3 Å². The highest BCUT2D eigenvalue weighted by Gasteiger charge is 2.21. The molecule has 0 spiro atoms. The summed E-state index contributed by atoms with van der Waals surface area (Å²) in [5, 5.41) is 10.1. The molecule has 1 aliphatic heterocycles. The quantitative estimate of drug-likeness (QED) is 0.543. The van der Waals surface area contributed by atoms with Gasteiger partial charge < -0.3 is 10.0 Å². The van der Waals surface area contributed by atoms with Gasteiger partial charge >= 0.3 is 5.97 Å². The van der Waals surface area contributed by atoms with E-state index in [4.69, 9.17) is 0 Å². The van der Waals surface area contributed by atoms with Crippen molar-refractivity contribution in [2.24, 2.45) is 0 Å². The van der Waals surface area contributed by atoms with Crippen molar-refractivity contribution in [2.45, 2.75) is 18.2 Å². The zero-order valence-corrected chi connectivity index (χ0v) is 19.0. The maximum atomic E-state index is 13.5. The summed E-state index contributed by atoms with van der Waals surface area (Å²) in [6.45, 7) is 6.45. The molecule has 0 amide bonds. The largest absolute Gasteiger partial charge is 0.478 e. The average Bonchev–Trinajstić information content (AvgIpc) is 2.79. The van der Waals surface area contributed by atoms with E-state index >= 15 is 0 Å². The molecular formula is C23H25FN4O4S. The number of hydrogen-bond acceptors (Lipinski definition) is 6. The number of benzene rings is 2. The summed E-state index contributed by atoms with van der Waals surface area (Å²) in [6, 6.07) is 10.7. The molecule has 3 aromatic rings. The van der Waals surface area contributed by atoms with E-state index in [0.717, 1.165) is 51.3 Å². The minimum atomic E-state index is -4.04. The fraction of sp³-hybridized carbons (Fsp3) is 0.304. The van der Waals surface area contributed by atoms with Gasteiger partial charge in [0.05, 0.1) is 16.0 Å². The minimum absolute atomic E-state index is 0.0396. The number of aromatic nitrogens is 1. The smallest absolute Gasteiger partial charge is 0.336 e. The Kier molecular flexibility index (Phi) is 6.48. The Labute approximate surface area is 191 Å². The van der Waals surface area contributed by atoms with Crippen LogP contribution in [0, 0.1) is 5.82 Å². The van der Waals surface area contributed by atoms with Gasteiger partial charge in [-0.2, -0.15) is 0 Å². The molecule has 0 atom stereocenters. The van der Waals surface area contributed by atoms with Crippen LogP contribution in [0.5, 0.6) is 0 Å². The first-order chi connectivity index (χ1) is 15.8. The monoisotopic (exact) mass is 472 g/mol. The summed E-state index contributed by atoms with van der Waals surface area (Å²) in [5.74, 6) is -1.21. The summed E-state index contributed by atoms with van der Waals surface area (Å²) >= 11 is 0. The first-order valence-electron chi connectivity index (χ1n) is 10.7. The number of hydrogen-bond donors (Lipinski definition) is 2. The van der Waals surface area contributed by atoms with Crippen molar-refractivity contribution in [3.05, 3.63) is 59.9 Å². The molecule has 33 heavy (non-hydrogen) atoms. The highest BCUT2D eigenvalue weighted by molar-refractivity contribution is 7.92. The maximum absolute atomic E-state index is 13.5. The average molecular weight is 473 g/mol. The lowest BCUT2D eigenvalue weighted by molar-refractivity contribution is 0.0699. The number of fused-ring (bicyclic) bond motifs is 1. The van der Waals surface area contributed by atoms with Crippen LogP contribution in [0.4, 0.5) is 15.9 Å². The molecule has 2 heterocycles. The molecule has 2 N–H and O–H groups in total. The Morgan fingerprint density at radius 3 is 2.55 bits per heavy atom. The molecule has 2 aromatic carbocycles. The molecule has 174 valence electrons. The first-order valence-corrected chi connectivity index (χ1v) is 12.2. The minimum Gasteiger partial charge on any atom is -0.478 e. The van der Waals surface area contributed by atoms with Gasteiger partial charge in [-0.25, -0.2) is 22.6 Å². The topological polar surface area (TPSA) is 103 Å². The van der Waals surface area contributed by atoms with E-state index in [1.807, 2.05) is 0 Å². The molecule has 1 saturated heterocycles. The van der Waals surface area contributed by atoms with Gasteiger partial charge in [0.25, 0.3) is 10.0 Å². The summed E-state index contributed by atoms with van der Waals surface area (Å²) in [7, 11) is -4.04. The molecule has 1 aromatic heterocycles. The summed E-state index contributed by atoms with van der Waals surface area (Å²) < 4.78 is 41.1. The molecule has 4 rings (SSSR count). The molecule has 0 bridgehead atoms. The lowest BCUT2D eigenvalue weighted by Gasteiger charge is -2.35. The predicted octanol–water partition coefficient (Wildman–Crippen LogP) is 3.40. The summed E-state index contributed by atoms with van der Waals surface area (Å²) in [4.78, 5) is 20.9. The fourth-order valence-corrected chi connectivity index (χ4v) is 5.06. The third-order valence-corrected chi connectivity index (χ3v) is 7.00. The predicted molar refractivity (Wildman–Crippen MR) is 125 cm³/mol. The molecule has 8 nitrogen and oxygen atoms in total. The normalized spacial score (nSPS) is 15.0. The van der Waals surface area contributed by atoms with Crippen LogP contribution < -0.4 is 9.62 Å². The number of aromatic carboxylic acids is 1. The number of sulfonamides is 1. The number of carboxylic acids is 1. The second-order valence-corrected chi connectivity index (χ2v) is 9.64. The van der Waals surface area contributed by atoms with Crippen molar-refractivity contribution in [3.8, 4) is 0 Å². The summed E-state index contributed by atoms with van der Waals surface area (Å²) in [6.07, 6.45) is 1.09. The third-order valence-electron chi connectivity index (χ3n) is 5.62. The van der Waals surface area contributed by atoms with Crippen LogP contribution in [-0.4, -0.2) is 62.1 Å². The van der Waals surface area contributed by atoms with Crippen LogP contribution in [0.1, 0.15) is 23.7 Å². The molecule has 0 unspecified atom stereocenters. The Bertz CT molecular complexity index is 1290. The van der Waals surface area contributed by atoms with Crippen LogP contribution in [0.15, 0.2) is 53.4 Å². The first kappa shape index (κ1) is 22.9. The second kappa shape index (κ2) is 9.32. The standard InChI is InChI=1S/C23H25FN4O4S/c1-2-8-27-9-11-28(12-10-27)22-15-20(23(29)30)19-14-17(6-7-21(19)25-22)26-33(31,32)18-5-3-4-16(24)13-18/h3-7,13-15,26H,2,8-12H2,1H3,(H,29,30). The number of rotatable bonds is 7. The van der Waals surface area contributed by atoms with Gasteiger partial charge in [0.15, 0.2) is 0 Å². The zero-order valence-electron chi connectivity index (χ0n) is 18.2. The van der Waals surface area contributed by atoms with Gasteiger partial charge in [0.1, 0.15) is 11.6 Å². The molecule has 0 radical (unpaired) electrons. The van der Waals surface area contributed by atoms with Crippen molar-refractivity contribution in [3.63, 3.8) is 0 Å². The molecule has 10 heteroatoms. The Morgan fingerprint density at radius 1 is 1.12 bits per heavy atom. The van der Waals surface area contributed by atoms with E-state index < -0.39 is 21.8 Å². The lowest BCUT2D eigenvalue weighted by Crippen LogP contribution is -2.46. The van der Waals surface area contributed by atoms with E-state index in [-0.39, 0.29) is 16.1 Å². The highest BCUT2D eigenvalue weighted by Crippen LogP contribution is 2.28. The molecular weight excluding hydrogens is 447 g/mol. The number of pyridine rings is 1. The third kappa shape index (κ3) is 5.07. The number of nitrogens with one attached hydrogen (secondary N) is 1. The van der Waals surface area contributed by atoms with Gasteiger partial charge in [-0.3, -0.25) is 9.62 Å². The van der Waals surface area contributed by atoms with Crippen molar-refractivity contribution < 1.29 is 22.7 Å². The fourth-order valence-electron chi connectivity index (χ4n) is 3.98. The maximum Gasteiger partial charge on any atom is 0.336 e. The molecule has 0 saturated carbocycles. The van der Waals surface area contributed by atoms with Crippen LogP contribution in [0.3, 0.4) is 0 Å². The van der Waals surface area contributed by atoms with Crippen LogP contribution in [0.2, 0.25) is 0 Å². The van der Waals surface area contributed by atoms with E-state index in [2.05, 4.69) is 26.4 Å².